The molecule has 4 nitrogen and oxygen atoms in total. The zero-order chi connectivity index (χ0) is 11.3. The summed E-state index contributed by atoms with van der Waals surface area (Å²) in [5, 5.41) is 8.94. The van der Waals surface area contributed by atoms with Crippen molar-refractivity contribution in [3.05, 3.63) is 36.2 Å². The first-order valence-electron chi connectivity index (χ1n) is 4.72. The predicted octanol–water partition coefficient (Wildman–Crippen LogP) is 1.56. The normalized spacial score (nSPS) is 10.2. The fraction of sp³-hybridized carbons (Fsp3) is 0.364. The molecule has 1 rings (SSSR count). The van der Waals surface area contributed by atoms with E-state index < -0.39 is 5.97 Å². The van der Waals surface area contributed by atoms with Gasteiger partial charge in [-0.25, -0.2) is 4.79 Å². The lowest BCUT2D eigenvalue weighted by Gasteiger charge is -2.08. The Kier molecular flexibility index (Phi) is 4.12. The van der Waals surface area contributed by atoms with Crippen molar-refractivity contribution < 1.29 is 14.6 Å². The van der Waals surface area contributed by atoms with Crippen LogP contribution in [-0.2, 0) is 17.7 Å². The average Bonchev–Trinajstić information content (AvgIpc) is 2.59. The van der Waals surface area contributed by atoms with Crippen molar-refractivity contribution in [3.63, 3.8) is 0 Å². The summed E-state index contributed by atoms with van der Waals surface area (Å²) in [4.78, 5) is 10.9. The second-order valence-electron chi connectivity index (χ2n) is 3.16. The number of carbonyl (C=O) groups is 1. The molecule has 0 saturated carbocycles. The Labute approximate surface area is 88.8 Å². The Morgan fingerprint density at radius 2 is 2.40 bits per heavy atom. The third kappa shape index (κ3) is 2.70. The summed E-state index contributed by atoms with van der Waals surface area (Å²) in [5.74, 6) is -0.916. The van der Waals surface area contributed by atoms with E-state index >= 15 is 0 Å². The SMILES string of the molecule is C=CCn1c(CCOC)ccc1C(=O)O. The number of aromatic nitrogens is 1. The van der Waals surface area contributed by atoms with Gasteiger partial charge in [0.25, 0.3) is 0 Å². The highest BCUT2D eigenvalue weighted by Crippen LogP contribution is 2.10. The highest BCUT2D eigenvalue weighted by Gasteiger charge is 2.12. The topological polar surface area (TPSA) is 51.5 Å². The number of rotatable bonds is 6. The predicted molar refractivity (Wildman–Crippen MR) is 57.2 cm³/mol. The van der Waals surface area contributed by atoms with Gasteiger partial charge in [0, 0.05) is 25.8 Å². The summed E-state index contributed by atoms with van der Waals surface area (Å²) in [6.45, 7) is 4.70. The van der Waals surface area contributed by atoms with E-state index in [0.717, 1.165) is 5.69 Å². The number of aromatic carboxylic acids is 1. The minimum Gasteiger partial charge on any atom is -0.477 e. The lowest BCUT2D eigenvalue weighted by Crippen LogP contribution is -2.11. The molecule has 0 spiro atoms. The van der Waals surface area contributed by atoms with E-state index in [1.54, 1.807) is 23.8 Å². The number of hydrogen-bond acceptors (Lipinski definition) is 2. The second-order valence-corrected chi connectivity index (χ2v) is 3.16. The zero-order valence-electron chi connectivity index (χ0n) is 8.77. The van der Waals surface area contributed by atoms with Crippen molar-refractivity contribution in [1.82, 2.24) is 4.57 Å². The van der Waals surface area contributed by atoms with E-state index in [1.165, 1.54) is 0 Å². The number of carboxylic acids is 1. The van der Waals surface area contributed by atoms with Crippen LogP contribution >= 0.6 is 0 Å². The van der Waals surface area contributed by atoms with E-state index in [4.69, 9.17) is 9.84 Å². The van der Waals surface area contributed by atoms with E-state index in [9.17, 15) is 4.79 Å². The van der Waals surface area contributed by atoms with Gasteiger partial charge >= 0.3 is 5.97 Å². The third-order valence-electron chi connectivity index (χ3n) is 2.16. The average molecular weight is 209 g/mol. The molecule has 0 bridgehead atoms. The zero-order valence-corrected chi connectivity index (χ0v) is 8.77. The maximum Gasteiger partial charge on any atom is 0.352 e. The molecular formula is C11H15NO3. The van der Waals surface area contributed by atoms with Gasteiger partial charge in [0.1, 0.15) is 5.69 Å². The Hall–Kier alpha value is -1.55. The molecule has 0 saturated heterocycles. The third-order valence-corrected chi connectivity index (χ3v) is 2.16. The standard InChI is InChI=1S/C11H15NO3/c1-3-7-12-9(6-8-15-2)4-5-10(12)11(13)14/h3-5H,1,6-8H2,2H3,(H,13,14). The van der Waals surface area contributed by atoms with Gasteiger partial charge < -0.3 is 14.4 Å². The van der Waals surface area contributed by atoms with Crippen LogP contribution < -0.4 is 0 Å². The molecule has 15 heavy (non-hydrogen) atoms. The lowest BCUT2D eigenvalue weighted by atomic mass is 10.3. The summed E-state index contributed by atoms with van der Waals surface area (Å²) in [6, 6.07) is 3.42. The molecule has 0 aliphatic carbocycles. The molecule has 4 heteroatoms. The van der Waals surface area contributed by atoms with Gasteiger partial charge in [-0.15, -0.1) is 6.58 Å². The summed E-state index contributed by atoms with van der Waals surface area (Å²) < 4.78 is 6.69. The summed E-state index contributed by atoms with van der Waals surface area (Å²) in [5.41, 5.74) is 1.25. The van der Waals surface area contributed by atoms with Crippen molar-refractivity contribution in [2.45, 2.75) is 13.0 Å². The van der Waals surface area contributed by atoms with E-state index in [2.05, 4.69) is 6.58 Å². The Balaban J connectivity index is 2.94. The van der Waals surface area contributed by atoms with Crippen molar-refractivity contribution >= 4 is 5.97 Å². The molecule has 0 aromatic carbocycles. The largest absolute Gasteiger partial charge is 0.477 e. The van der Waals surface area contributed by atoms with E-state index in [-0.39, 0.29) is 0 Å². The molecule has 1 heterocycles. The maximum absolute atomic E-state index is 10.9. The number of nitrogens with zero attached hydrogens (tertiary/aromatic N) is 1. The quantitative estimate of drug-likeness (QED) is 0.723. The summed E-state index contributed by atoms with van der Waals surface area (Å²) in [7, 11) is 1.62. The molecule has 1 aromatic rings. The van der Waals surface area contributed by atoms with Crippen LogP contribution in [-0.4, -0.2) is 29.4 Å². The van der Waals surface area contributed by atoms with E-state index in [0.29, 0.717) is 25.3 Å². The first-order valence-corrected chi connectivity index (χ1v) is 4.72. The van der Waals surface area contributed by atoms with Crippen LogP contribution in [0.4, 0.5) is 0 Å². The molecule has 0 unspecified atom stereocenters. The van der Waals surface area contributed by atoms with E-state index in [1.807, 2.05) is 6.07 Å². The Bertz CT molecular complexity index is 355. The highest BCUT2D eigenvalue weighted by atomic mass is 16.5. The molecular weight excluding hydrogens is 194 g/mol. The number of methoxy groups -OCH3 is 1. The van der Waals surface area contributed by atoms with Crippen LogP contribution in [0.3, 0.4) is 0 Å². The van der Waals surface area contributed by atoms with Crippen LogP contribution in [0.5, 0.6) is 0 Å². The first-order chi connectivity index (χ1) is 7.20. The smallest absolute Gasteiger partial charge is 0.352 e. The van der Waals surface area contributed by atoms with Crippen LogP contribution in [0.25, 0.3) is 0 Å². The van der Waals surface area contributed by atoms with Crippen LogP contribution in [0.2, 0.25) is 0 Å². The van der Waals surface area contributed by atoms with Gasteiger partial charge in [0.15, 0.2) is 0 Å². The lowest BCUT2D eigenvalue weighted by molar-refractivity contribution is 0.0685. The van der Waals surface area contributed by atoms with Crippen LogP contribution in [0, 0.1) is 0 Å². The molecule has 1 aromatic heterocycles. The first kappa shape index (κ1) is 11.5. The van der Waals surface area contributed by atoms with Gasteiger partial charge in [0.05, 0.1) is 6.61 Å². The van der Waals surface area contributed by atoms with Gasteiger partial charge in [-0.1, -0.05) is 6.08 Å². The second kappa shape index (κ2) is 5.36. The van der Waals surface area contributed by atoms with Crippen LogP contribution in [0.1, 0.15) is 16.2 Å². The minimum absolute atomic E-state index is 0.293. The Morgan fingerprint density at radius 3 is 2.93 bits per heavy atom. The van der Waals surface area contributed by atoms with Crippen molar-refractivity contribution in [2.75, 3.05) is 13.7 Å². The number of hydrogen-bond donors (Lipinski definition) is 1. The fourth-order valence-corrected chi connectivity index (χ4v) is 1.47. The molecule has 0 radical (unpaired) electrons. The number of allylic oxidation sites excluding steroid dienone is 1. The molecule has 82 valence electrons. The molecule has 1 N–H and O–H groups in total. The molecule has 0 aliphatic heterocycles. The van der Waals surface area contributed by atoms with Gasteiger partial charge in [-0.3, -0.25) is 0 Å². The number of carboxylic acid groups (broad SMARTS) is 1. The van der Waals surface area contributed by atoms with Gasteiger partial charge in [0.2, 0.25) is 0 Å². The molecule has 0 amide bonds. The summed E-state index contributed by atoms with van der Waals surface area (Å²) >= 11 is 0. The number of ether oxygens (including phenoxy) is 1. The molecule has 0 aliphatic rings. The molecule has 0 fully saturated rings. The van der Waals surface area contributed by atoms with Crippen LogP contribution in [0.15, 0.2) is 24.8 Å². The van der Waals surface area contributed by atoms with Gasteiger partial charge in [-0.2, -0.15) is 0 Å². The summed E-state index contributed by atoms with van der Waals surface area (Å²) in [6.07, 6.45) is 2.39. The highest BCUT2D eigenvalue weighted by molar-refractivity contribution is 5.86. The monoisotopic (exact) mass is 209 g/mol. The molecule has 0 atom stereocenters. The van der Waals surface area contributed by atoms with Crippen molar-refractivity contribution in [2.24, 2.45) is 0 Å². The Morgan fingerprint density at radius 1 is 1.67 bits per heavy atom. The van der Waals surface area contributed by atoms with Crippen molar-refractivity contribution in [1.29, 1.82) is 0 Å². The van der Waals surface area contributed by atoms with Gasteiger partial charge in [-0.05, 0) is 12.1 Å². The maximum atomic E-state index is 10.9. The fourth-order valence-electron chi connectivity index (χ4n) is 1.47. The van der Waals surface area contributed by atoms with Crippen molar-refractivity contribution in [3.8, 4) is 0 Å². The minimum atomic E-state index is -0.916.